The monoisotopic (exact) mass is 334 g/mol. The van der Waals surface area contributed by atoms with Crippen LogP contribution in [-0.2, 0) is 0 Å². The minimum absolute atomic E-state index is 0.00856. The summed E-state index contributed by atoms with van der Waals surface area (Å²) in [7, 11) is 0. The fraction of sp³-hybridized carbons (Fsp3) is 0.278. The van der Waals surface area contributed by atoms with Crippen molar-refractivity contribution < 1.29 is 9.90 Å². The summed E-state index contributed by atoms with van der Waals surface area (Å²) in [4.78, 5) is 13.0. The van der Waals surface area contributed by atoms with Crippen molar-refractivity contribution in [2.75, 3.05) is 0 Å². The lowest BCUT2D eigenvalue weighted by Gasteiger charge is -2.29. The predicted octanol–water partition coefficient (Wildman–Crippen LogP) is 5.44. The molecule has 0 aliphatic heterocycles. The van der Waals surface area contributed by atoms with Gasteiger partial charge in [-0.2, -0.15) is 0 Å². The number of Topliss-reactive ketones (excluding diaryl/α,β-unsaturated/α-hetero) is 1. The van der Waals surface area contributed by atoms with Gasteiger partial charge >= 0.3 is 0 Å². The molecule has 2 nitrogen and oxygen atoms in total. The lowest BCUT2D eigenvalue weighted by Crippen LogP contribution is -2.27. The molecule has 0 spiro atoms. The van der Waals surface area contributed by atoms with Crippen molar-refractivity contribution in [3.8, 4) is 5.75 Å². The number of carbonyl (C=O) groups excluding carboxylic acids is 1. The third kappa shape index (κ3) is 1.98. The summed E-state index contributed by atoms with van der Waals surface area (Å²) < 4.78 is 0. The maximum absolute atomic E-state index is 13.0. The van der Waals surface area contributed by atoms with Gasteiger partial charge in [0.15, 0.2) is 5.78 Å². The number of phenols is 1. The molecule has 0 saturated carbocycles. The summed E-state index contributed by atoms with van der Waals surface area (Å²) in [5.41, 5.74) is 1.65. The Labute approximate surface area is 139 Å². The van der Waals surface area contributed by atoms with Gasteiger partial charge in [-0.05, 0) is 23.6 Å². The van der Waals surface area contributed by atoms with Crippen molar-refractivity contribution in [3.63, 3.8) is 0 Å². The molecule has 22 heavy (non-hydrogen) atoms. The molecule has 114 valence electrons. The number of rotatable bonds is 2. The first-order chi connectivity index (χ1) is 10.4. The number of hydrogen-bond acceptors (Lipinski definition) is 2. The third-order valence-electron chi connectivity index (χ3n) is 4.78. The number of halogens is 2. The minimum atomic E-state index is -0.593. The summed E-state index contributed by atoms with van der Waals surface area (Å²) in [5, 5.41) is 10.2. The van der Waals surface area contributed by atoms with E-state index in [-0.39, 0.29) is 27.5 Å². The molecule has 2 atom stereocenters. The zero-order valence-corrected chi connectivity index (χ0v) is 13.9. The Bertz CT molecular complexity index is 755. The van der Waals surface area contributed by atoms with Crippen LogP contribution in [0.4, 0.5) is 0 Å². The quantitative estimate of drug-likeness (QED) is 0.793. The highest BCUT2D eigenvalue weighted by atomic mass is 35.5. The van der Waals surface area contributed by atoms with E-state index < -0.39 is 5.41 Å². The number of benzene rings is 2. The zero-order chi connectivity index (χ0) is 16.1. The van der Waals surface area contributed by atoms with E-state index in [1.165, 1.54) is 0 Å². The van der Waals surface area contributed by atoms with E-state index in [0.717, 1.165) is 11.1 Å². The Morgan fingerprint density at radius 1 is 1.18 bits per heavy atom. The first-order valence-corrected chi connectivity index (χ1v) is 7.98. The molecule has 3 rings (SSSR count). The molecule has 0 fully saturated rings. The van der Waals surface area contributed by atoms with Crippen LogP contribution in [0.5, 0.6) is 5.75 Å². The number of aromatic hydroxyl groups is 1. The molecule has 0 radical (unpaired) electrons. The molecule has 0 bridgehead atoms. The van der Waals surface area contributed by atoms with Gasteiger partial charge < -0.3 is 5.11 Å². The van der Waals surface area contributed by atoms with Crippen LogP contribution in [-0.4, -0.2) is 10.9 Å². The second-order valence-electron chi connectivity index (χ2n) is 5.93. The standard InChI is InChI=1S/C18H16Cl2O2/c1-3-18(2)14(10-7-5-4-6-8-10)11-9-12(21)15(19)16(20)13(11)17(18)22/h4-9,14,21H,3H2,1-2H3. The summed E-state index contributed by atoms with van der Waals surface area (Å²) in [6.45, 7) is 3.95. The highest BCUT2D eigenvalue weighted by Gasteiger charge is 2.50. The van der Waals surface area contributed by atoms with Gasteiger partial charge in [0, 0.05) is 16.9 Å². The molecule has 2 unspecified atom stereocenters. The number of hydrogen-bond donors (Lipinski definition) is 1. The van der Waals surface area contributed by atoms with Crippen molar-refractivity contribution in [2.45, 2.75) is 26.2 Å². The molecule has 2 aromatic carbocycles. The van der Waals surface area contributed by atoms with Gasteiger partial charge in [0.2, 0.25) is 0 Å². The van der Waals surface area contributed by atoms with Crippen LogP contribution >= 0.6 is 23.2 Å². The predicted molar refractivity (Wildman–Crippen MR) is 89.1 cm³/mol. The van der Waals surface area contributed by atoms with Crippen LogP contribution in [0.25, 0.3) is 0 Å². The lowest BCUT2D eigenvalue weighted by atomic mass is 9.72. The van der Waals surface area contributed by atoms with Crippen LogP contribution in [0.3, 0.4) is 0 Å². The van der Waals surface area contributed by atoms with Crippen molar-refractivity contribution in [1.29, 1.82) is 0 Å². The van der Waals surface area contributed by atoms with Gasteiger partial charge in [-0.15, -0.1) is 0 Å². The average Bonchev–Trinajstić information content (AvgIpc) is 2.74. The third-order valence-corrected chi connectivity index (χ3v) is 5.64. The fourth-order valence-corrected chi connectivity index (χ4v) is 3.85. The van der Waals surface area contributed by atoms with Crippen molar-refractivity contribution in [3.05, 3.63) is 63.1 Å². The minimum Gasteiger partial charge on any atom is -0.506 e. The van der Waals surface area contributed by atoms with E-state index in [4.69, 9.17) is 23.2 Å². The maximum atomic E-state index is 13.0. The van der Waals surface area contributed by atoms with E-state index in [2.05, 4.69) is 0 Å². The van der Waals surface area contributed by atoms with E-state index in [1.807, 2.05) is 44.2 Å². The Morgan fingerprint density at radius 2 is 1.82 bits per heavy atom. The van der Waals surface area contributed by atoms with Crippen molar-refractivity contribution in [1.82, 2.24) is 0 Å². The van der Waals surface area contributed by atoms with Crippen LogP contribution in [0.1, 0.15) is 47.7 Å². The smallest absolute Gasteiger partial charge is 0.171 e. The van der Waals surface area contributed by atoms with E-state index in [9.17, 15) is 9.90 Å². The first kappa shape index (κ1) is 15.4. The molecule has 1 N–H and O–H groups in total. The topological polar surface area (TPSA) is 37.3 Å². The van der Waals surface area contributed by atoms with Gasteiger partial charge in [0.05, 0.1) is 5.02 Å². The zero-order valence-electron chi connectivity index (χ0n) is 12.4. The number of fused-ring (bicyclic) bond motifs is 1. The number of phenolic OH excluding ortho intramolecular Hbond substituents is 1. The van der Waals surface area contributed by atoms with Gasteiger partial charge in [-0.1, -0.05) is 67.4 Å². The highest BCUT2D eigenvalue weighted by Crippen LogP contribution is 2.56. The molecule has 4 heteroatoms. The Balaban J connectivity index is 2.33. The Hall–Kier alpha value is -1.51. The second kappa shape index (κ2) is 5.29. The molecule has 0 amide bonds. The molecule has 0 aromatic heterocycles. The fourth-order valence-electron chi connectivity index (χ4n) is 3.41. The molecular formula is C18H16Cl2O2. The largest absolute Gasteiger partial charge is 0.506 e. The molecular weight excluding hydrogens is 319 g/mol. The summed E-state index contributed by atoms with van der Waals surface area (Å²) >= 11 is 12.3. The molecule has 2 aromatic rings. The summed E-state index contributed by atoms with van der Waals surface area (Å²) in [6, 6.07) is 11.4. The molecule has 1 aliphatic carbocycles. The molecule has 1 aliphatic rings. The highest BCUT2D eigenvalue weighted by molar-refractivity contribution is 6.45. The SMILES string of the molecule is CCC1(C)C(=O)c2c(cc(O)c(Cl)c2Cl)C1c1ccccc1. The van der Waals surface area contributed by atoms with Crippen LogP contribution in [0, 0.1) is 5.41 Å². The van der Waals surface area contributed by atoms with Gasteiger partial charge in [0.1, 0.15) is 10.8 Å². The van der Waals surface area contributed by atoms with Crippen molar-refractivity contribution in [2.24, 2.45) is 5.41 Å². The Kier molecular flexibility index (Phi) is 3.70. The van der Waals surface area contributed by atoms with E-state index in [1.54, 1.807) is 6.07 Å². The number of ketones is 1. The van der Waals surface area contributed by atoms with Gasteiger partial charge in [0.25, 0.3) is 0 Å². The summed E-state index contributed by atoms with van der Waals surface area (Å²) in [5.74, 6) is -0.230. The van der Waals surface area contributed by atoms with E-state index in [0.29, 0.717) is 12.0 Å². The summed E-state index contributed by atoms with van der Waals surface area (Å²) in [6.07, 6.45) is 0.675. The van der Waals surface area contributed by atoms with E-state index >= 15 is 0 Å². The van der Waals surface area contributed by atoms with Crippen molar-refractivity contribution >= 4 is 29.0 Å². The van der Waals surface area contributed by atoms with Gasteiger partial charge in [-0.25, -0.2) is 0 Å². The van der Waals surface area contributed by atoms with Crippen LogP contribution in [0.15, 0.2) is 36.4 Å². The molecule has 0 heterocycles. The van der Waals surface area contributed by atoms with Gasteiger partial charge in [-0.3, -0.25) is 4.79 Å². The maximum Gasteiger partial charge on any atom is 0.171 e. The molecule has 0 saturated heterocycles. The normalized spacial score (nSPS) is 23.6. The number of carbonyl (C=O) groups is 1. The average molecular weight is 335 g/mol. The second-order valence-corrected chi connectivity index (χ2v) is 6.69. The lowest BCUT2D eigenvalue weighted by molar-refractivity contribution is 0.0817. The van der Waals surface area contributed by atoms with Crippen LogP contribution in [0.2, 0.25) is 10.0 Å². The first-order valence-electron chi connectivity index (χ1n) is 7.22. The van der Waals surface area contributed by atoms with Crippen LogP contribution < -0.4 is 0 Å². The Morgan fingerprint density at radius 3 is 2.41 bits per heavy atom.